The summed E-state index contributed by atoms with van der Waals surface area (Å²) in [4.78, 5) is 12.7. The molecule has 0 saturated carbocycles. The highest BCUT2D eigenvalue weighted by Crippen LogP contribution is 2.22. The van der Waals surface area contributed by atoms with Crippen molar-refractivity contribution in [1.29, 1.82) is 0 Å². The van der Waals surface area contributed by atoms with E-state index in [0.717, 1.165) is 16.9 Å². The number of hydrogen-bond acceptors (Lipinski definition) is 4. The zero-order valence-corrected chi connectivity index (χ0v) is 15.1. The van der Waals surface area contributed by atoms with Crippen LogP contribution in [0, 0.1) is 6.92 Å². The number of aryl methyl sites for hydroxylation is 1. The van der Waals surface area contributed by atoms with Crippen molar-refractivity contribution < 1.29 is 13.2 Å². The smallest absolute Gasteiger partial charge is 0.265 e. The molecule has 0 radical (unpaired) electrons. The molecule has 0 saturated heterocycles. The lowest BCUT2D eigenvalue weighted by molar-refractivity contribution is 0.103. The van der Waals surface area contributed by atoms with Crippen molar-refractivity contribution >= 4 is 33.0 Å². The second kappa shape index (κ2) is 6.43. The number of hydrogen-bond donors (Lipinski definition) is 2. The molecular formula is C16H20N2O3S2. The van der Waals surface area contributed by atoms with E-state index in [1.54, 1.807) is 26.8 Å². The molecule has 7 heteroatoms. The van der Waals surface area contributed by atoms with Gasteiger partial charge in [-0.15, -0.1) is 11.3 Å². The molecule has 124 valence electrons. The lowest BCUT2D eigenvalue weighted by Gasteiger charge is -2.19. The Bertz CT molecular complexity index is 818. The zero-order valence-electron chi connectivity index (χ0n) is 13.5. The first-order valence-electron chi connectivity index (χ1n) is 7.08. The van der Waals surface area contributed by atoms with E-state index in [1.807, 2.05) is 25.1 Å². The first-order chi connectivity index (χ1) is 10.6. The van der Waals surface area contributed by atoms with Crippen LogP contribution in [0.25, 0.3) is 0 Å². The molecule has 2 rings (SSSR count). The van der Waals surface area contributed by atoms with Gasteiger partial charge in [0.05, 0.1) is 9.77 Å². The summed E-state index contributed by atoms with van der Waals surface area (Å²) in [5.41, 5.74) is 1.08. The number of anilines is 1. The van der Waals surface area contributed by atoms with Crippen molar-refractivity contribution in [2.45, 2.75) is 38.1 Å². The molecule has 23 heavy (non-hydrogen) atoms. The average Bonchev–Trinajstić information content (AvgIpc) is 2.89. The summed E-state index contributed by atoms with van der Waals surface area (Å²) in [5.74, 6) is -0.318. The normalized spacial score (nSPS) is 12.2. The number of benzene rings is 1. The summed E-state index contributed by atoms with van der Waals surface area (Å²) < 4.78 is 27.1. The van der Waals surface area contributed by atoms with Crippen molar-refractivity contribution in [3.63, 3.8) is 0 Å². The second-order valence-electron chi connectivity index (χ2n) is 6.27. The molecule has 5 nitrogen and oxygen atoms in total. The van der Waals surface area contributed by atoms with Gasteiger partial charge in [-0.25, -0.2) is 13.1 Å². The Hall–Kier alpha value is -1.70. The minimum atomic E-state index is -3.63. The average molecular weight is 352 g/mol. The van der Waals surface area contributed by atoms with Gasteiger partial charge in [-0.3, -0.25) is 4.79 Å². The first-order valence-corrected chi connectivity index (χ1v) is 9.44. The Morgan fingerprint density at radius 3 is 2.43 bits per heavy atom. The van der Waals surface area contributed by atoms with Crippen molar-refractivity contribution in [3.05, 3.63) is 46.2 Å². The lowest BCUT2D eigenvalue weighted by Crippen LogP contribution is -2.40. The topological polar surface area (TPSA) is 75.3 Å². The van der Waals surface area contributed by atoms with Crippen LogP contribution in [-0.2, 0) is 10.0 Å². The van der Waals surface area contributed by atoms with Crippen molar-refractivity contribution in [3.8, 4) is 0 Å². The first kappa shape index (κ1) is 17.7. The van der Waals surface area contributed by atoms with E-state index in [2.05, 4.69) is 10.0 Å². The van der Waals surface area contributed by atoms with Gasteiger partial charge in [0.1, 0.15) is 0 Å². The van der Waals surface area contributed by atoms with Gasteiger partial charge in [-0.2, -0.15) is 0 Å². The molecule has 0 aliphatic rings. The van der Waals surface area contributed by atoms with Crippen LogP contribution in [0.4, 0.5) is 5.69 Å². The number of thiophene rings is 1. The Labute approximate surface area is 140 Å². The van der Waals surface area contributed by atoms with Crippen LogP contribution in [0.15, 0.2) is 40.6 Å². The summed E-state index contributed by atoms with van der Waals surface area (Å²) in [6.07, 6.45) is 0. The third kappa shape index (κ3) is 4.63. The highest BCUT2D eigenvalue weighted by Gasteiger charge is 2.24. The molecule has 1 heterocycles. The number of para-hydroxylation sites is 1. The van der Waals surface area contributed by atoms with Gasteiger partial charge in [0, 0.05) is 16.6 Å². The van der Waals surface area contributed by atoms with Gasteiger partial charge in [0.15, 0.2) is 0 Å². The summed E-state index contributed by atoms with van der Waals surface area (Å²) in [5, 5.41) is 4.27. The SMILES string of the molecule is Cc1ccccc1NC(=O)c1cc(S(=O)(=O)NC(C)(C)C)cs1. The van der Waals surface area contributed by atoms with E-state index in [9.17, 15) is 13.2 Å². The number of carbonyl (C=O) groups is 1. The third-order valence-corrected chi connectivity index (χ3v) is 5.76. The van der Waals surface area contributed by atoms with Gasteiger partial charge < -0.3 is 5.32 Å². The highest BCUT2D eigenvalue weighted by molar-refractivity contribution is 7.89. The predicted molar refractivity (Wildman–Crippen MR) is 93.5 cm³/mol. The maximum Gasteiger partial charge on any atom is 0.265 e. The van der Waals surface area contributed by atoms with E-state index < -0.39 is 15.6 Å². The summed E-state index contributed by atoms with van der Waals surface area (Å²) in [6, 6.07) is 8.82. The maximum atomic E-state index is 12.3. The molecular weight excluding hydrogens is 332 g/mol. The fourth-order valence-corrected chi connectivity index (χ4v) is 4.52. The van der Waals surface area contributed by atoms with E-state index in [-0.39, 0.29) is 10.8 Å². The minimum Gasteiger partial charge on any atom is -0.321 e. The van der Waals surface area contributed by atoms with Crippen molar-refractivity contribution in [1.82, 2.24) is 4.72 Å². The Morgan fingerprint density at radius 2 is 1.83 bits per heavy atom. The highest BCUT2D eigenvalue weighted by atomic mass is 32.2. The minimum absolute atomic E-state index is 0.104. The Balaban J connectivity index is 2.19. The second-order valence-corrected chi connectivity index (χ2v) is 8.86. The number of carbonyl (C=O) groups excluding carboxylic acids is 1. The Morgan fingerprint density at radius 1 is 1.17 bits per heavy atom. The summed E-state index contributed by atoms with van der Waals surface area (Å²) >= 11 is 1.10. The van der Waals surface area contributed by atoms with Crippen LogP contribution < -0.4 is 10.0 Å². The Kier molecular flexibility index (Phi) is 4.93. The van der Waals surface area contributed by atoms with Crippen LogP contribution in [0.2, 0.25) is 0 Å². The molecule has 1 aromatic heterocycles. The molecule has 2 N–H and O–H groups in total. The monoisotopic (exact) mass is 352 g/mol. The quantitative estimate of drug-likeness (QED) is 0.886. The van der Waals surface area contributed by atoms with Gasteiger partial charge in [-0.1, -0.05) is 18.2 Å². The number of sulfonamides is 1. The van der Waals surface area contributed by atoms with E-state index >= 15 is 0 Å². The number of amides is 1. The van der Waals surface area contributed by atoms with Crippen LogP contribution in [-0.4, -0.2) is 19.9 Å². The number of rotatable bonds is 4. The molecule has 2 aromatic rings. The van der Waals surface area contributed by atoms with Gasteiger partial charge in [0.25, 0.3) is 5.91 Å². The van der Waals surface area contributed by atoms with Gasteiger partial charge in [-0.05, 0) is 45.4 Å². The molecule has 0 aliphatic heterocycles. The van der Waals surface area contributed by atoms with Crippen LogP contribution in [0.3, 0.4) is 0 Å². The molecule has 1 aromatic carbocycles. The molecule has 1 amide bonds. The third-order valence-electron chi connectivity index (χ3n) is 2.94. The summed E-state index contributed by atoms with van der Waals surface area (Å²) in [7, 11) is -3.63. The molecule has 0 unspecified atom stereocenters. The molecule has 0 bridgehead atoms. The van der Waals surface area contributed by atoms with E-state index in [1.165, 1.54) is 11.4 Å². The molecule has 0 fully saturated rings. The standard InChI is InChI=1S/C16H20N2O3S2/c1-11-7-5-6-8-13(11)17-15(19)14-9-12(10-22-14)23(20,21)18-16(2,3)4/h5-10,18H,1-4H3,(H,17,19). The van der Waals surface area contributed by atoms with Crippen molar-refractivity contribution in [2.24, 2.45) is 0 Å². The zero-order chi connectivity index (χ0) is 17.3. The lowest BCUT2D eigenvalue weighted by atomic mass is 10.1. The van der Waals surface area contributed by atoms with Crippen LogP contribution in [0.5, 0.6) is 0 Å². The molecule has 0 spiro atoms. The fraction of sp³-hybridized carbons (Fsp3) is 0.312. The van der Waals surface area contributed by atoms with Crippen LogP contribution in [0.1, 0.15) is 36.0 Å². The summed E-state index contributed by atoms with van der Waals surface area (Å²) in [6.45, 7) is 7.20. The van der Waals surface area contributed by atoms with Gasteiger partial charge in [0.2, 0.25) is 10.0 Å². The van der Waals surface area contributed by atoms with Crippen LogP contribution >= 0.6 is 11.3 Å². The fourth-order valence-electron chi connectivity index (χ4n) is 1.94. The largest absolute Gasteiger partial charge is 0.321 e. The molecule has 0 atom stereocenters. The predicted octanol–water partition coefficient (Wildman–Crippen LogP) is 3.39. The van der Waals surface area contributed by atoms with Crippen molar-refractivity contribution in [2.75, 3.05) is 5.32 Å². The van der Waals surface area contributed by atoms with Gasteiger partial charge >= 0.3 is 0 Å². The number of nitrogens with one attached hydrogen (secondary N) is 2. The van der Waals surface area contributed by atoms with E-state index in [0.29, 0.717) is 10.6 Å². The molecule has 0 aliphatic carbocycles. The van der Waals surface area contributed by atoms with E-state index in [4.69, 9.17) is 0 Å². The maximum absolute atomic E-state index is 12.3.